The topological polar surface area (TPSA) is 37.3 Å². The minimum atomic E-state index is -0.875. The van der Waals surface area contributed by atoms with Gasteiger partial charge in [0.1, 0.15) is 0 Å². The molecule has 0 aliphatic rings. The van der Waals surface area contributed by atoms with Crippen molar-refractivity contribution in [3.63, 3.8) is 0 Å². The Kier molecular flexibility index (Phi) is 4.27. The zero-order valence-corrected chi connectivity index (χ0v) is 11.8. The molecule has 0 spiro atoms. The highest BCUT2D eigenvalue weighted by Crippen LogP contribution is 2.28. The van der Waals surface area contributed by atoms with E-state index in [0.29, 0.717) is 5.56 Å². The molecule has 0 fully saturated rings. The van der Waals surface area contributed by atoms with Crippen molar-refractivity contribution in [1.29, 1.82) is 0 Å². The lowest BCUT2D eigenvalue weighted by Crippen LogP contribution is -2.02. The molecular weight excluding hydrogens is 256 g/mol. The van der Waals surface area contributed by atoms with Crippen LogP contribution in [-0.4, -0.2) is 16.8 Å². The van der Waals surface area contributed by atoms with Gasteiger partial charge in [0.05, 0.1) is 5.56 Å². The molecule has 3 heteroatoms. The first-order chi connectivity index (χ1) is 9.13. The molecule has 0 saturated carbocycles. The molecule has 0 amide bonds. The summed E-state index contributed by atoms with van der Waals surface area (Å²) in [5.41, 5.74) is 2.90. The van der Waals surface area contributed by atoms with E-state index in [2.05, 4.69) is 6.92 Å². The van der Waals surface area contributed by atoms with E-state index in [1.807, 2.05) is 49.4 Å². The number of carboxylic acids is 1. The van der Waals surface area contributed by atoms with Crippen LogP contribution in [0.3, 0.4) is 0 Å². The molecule has 98 valence electrons. The second-order valence-electron chi connectivity index (χ2n) is 4.26. The molecule has 19 heavy (non-hydrogen) atoms. The number of carboxylic acid groups (broad SMARTS) is 1. The fourth-order valence-corrected chi connectivity index (χ4v) is 2.75. The van der Waals surface area contributed by atoms with Gasteiger partial charge in [-0.2, -0.15) is 0 Å². The second-order valence-corrected chi connectivity index (χ2v) is 5.60. The van der Waals surface area contributed by atoms with Crippen molar-refractivity contribution in [3.8, 4) is 11.1 Å². The van der Waals surface area contributed by atoms with E-state index in [0.717, 1.165) is 22.4 Å². The maximum Gasteiger partial charge on any atom is 0.336 e. The summed E-state index contributed by atoms with van der Waals surface area (Å²) >= 11 is 1.78. The van der Waals surface area contributed by atoms with Crippen LogP contribution >= 0.6 is 11.8 Å². The average Bonchev–Trinajstić information content (AvgIpc) is 2.39. The van der Waals surface area contributed by atoms with Crippen LogP contribution in [0.15, 0.2) is 47.4 Å². The third-order valence-corrected chi connectivity index (χ3v) is 3.86. The quantitative estimate of drug-likeness (QED) is 0.834. The summed E-state index contributed by atoms with van der Waals surface area (Å²) in [6.45, 7) is 3.94. The van der Waals surface area contributed by atoms with E-state index in [-0.39, 0.29) is 0 Å². The van der Waals surface area contributed by atoms with E-state index < -0.39 is 5.97 Å². The largest absolute Gasteiger partial charge is 0.478 e. The average molecular weight is 272 g/mol. The van der Waals surface area contributed by atoms with Crippen LogP contribution in [-0.2, 0) is 0 Å². The first-order valence-corrected chi connectivity index (χ1v) is 7.18. The summed E-state index contributed by atoms with van der Waals surface area (Å²) in [7, 11) is 0. The summed E-state index contributed by atoms with van der Waals surface area (Å²) in [6.07, 6.45) is 0. The van der Waals surface area contributed by atoms with Gasteiger partial charge in [-0.1, -0.05) is 37.3 Å². The molecule has 2 nitrogen and oxygen atoms in total. The van der Waals surface area contributed by atoms with Crippen molar-refractivity contribution in [1.82, 2.24) is 0 Å². The van der Waals surface area contributed by atoms with Crippen LogP contribution < -0.4 is 0 Å². The first kappa shape index (κ1) is 13.7. The van der Waals surface area contributed by atoms with Gasteiger partial charge < -0.3 is 5.11 Å². The van der Waals surface area contributed by atoms with Crippen LogP contribution in [0.1, 0.15) is 22.8 Å². The summed E-state index contributed by atoms with van der Waals surface area (Å²) in [5, 5.41) is 9.34. The van der Waals surface area contributed by atoms with E-state index >= 15 is 0 Å². The summed E-state index contributed by atoms with van der Waals surface area (Å²) in [6, 6.07) is 13.6. The molecule has 0 aliphatic heterocycles. The van der Waals surface area contributed by atoms with Crippen LogP contribution in [0.25, 0.3) is 11.1 Å². The van der Waals surface area contributed by atoms with E-state index in [1.54, 1.807) is 11.8 Å². The van der Waals surface area contributed by atoms with E-state index in [4.69, 9.17) is 0 Å². The summed E-state index contributed by atoms with van der Waals surface area (Å²) in [4.78, 5) is 12.6. The van der Waals surface area contributed by atoms with E-state index in [1.165, 1.54) is 4.90 Å². The molecule has 0 bridgehead atoms. The molecular formula is C16H16O2S. The Hall–Kier alpha value is -1.74. The highest BCUT2D eigenvalue weighted by Gasteiger charge is 2.13. The standard InChI is InChI=1S/C16H16O2S/c1-3-19-13-9-7-12(8-10-13)14-6-4-5-11(2)15(14)16(17)18/h4-10H,3H2,1-2H3,(H,17,18). The Morgan fingerprint density at radius 3 is 2.42 bits per heavy atom. The normalized spacial score (nSPS) is 10.4. The van der Waals surface area contributed by atoms with Crippen LogP contribution in [0, 0.1) is 6.92 Å². The van der Waals surface area contributed by atoms with Crippen molar-refractivity contribution in [3.05, 3.63) is 53.6 Å². The Labute approximate surface area is 117 Å². The Morgan fingerprint density at radius 2 is 1.84 bits per heavy atom. The number of benzene rings is 2. The van der Waals surface area contributed by atoms with Crippen molar-refractivity contribution in [2.24, 2.45) is 0 Å². The van der Waals surface area contributed by atoms with Gasteiger partial charge in [0.2, 0.25) is 0 Å². The summed E-state index contributed by atoms with van der Waals surface area (Å²) in [5.74, 6) is 0.157. The number of carbonyl (C=O) groups is 1. The van der Waals surface area contributed by atoms with Gasteiger partial charge in [0, 0.05) is 4.90 Å². The molecule has 0 unspecified atom stereocenters. The molecule has 1 N–H and O–H groups in total. The fourth-order valence-electron chi connectivity index (χ4n) is 2.09. The smallest absolute Gasteiger partial charge is 0.336 e. The minimum absolute atomic E-state index is 0.387. The molecule has 0 saturated heterocycles. The predicted octanol–water partition coefficient (Wildman–Crippen LogP) is 4.47. The fraction of sp³-hybridized carbons (Fsp3) is 0.188. The minimum Gasteiger partial charge on any atom is -0.478 e. The van der Waals surface area contributed by atoms with Crippen LogP contribution in [0.5, 0.6) is 0 Å². The predicted molar refractivity (Wildman–Crippen MR) is 80.0 cm³/mol. The van der Waals surface area contributed by atoms with Gasteiger partial charge in [0.15, 0.2) is 0 Å². The van der Waals surface area contributed by atoms with Gasteiger partial charge in [-0.15, -0.1) is 11.8 Å². The zero-order chi connectivity index (χ0) is 13.8. The Balaban J connectivity index is 2.47. The molecule has 0 heterocycles. The maximum absolute atomic E-state index is 11.4. The summed E-state index contributed by atoms with van der Waals surface area (Å²) < 4.78 is 0. The van der Waals surface area contributed by atoms with Gasteiger partial charge in [-0.05, 0) is 41.5 Å². The molecule has 0 radical (unpaired) electrons. The maximum atomic E-state index is 11.4. The molecule has 2 aromatic rings. The number of thioether (sulfide) groups is 1. The second kappa shape index (κ2) is 5.93. The third kappa shape index (κ3) is 2.99. The van der Waals surface area contributed by atoms with Crippen molar-refractivity contribution in [2.75, 3.05) is 5.75 Å². The highest BCUT2D eigenvalue weighted by atomic mass is 32.2. The first-order valence-electron chi connectivity index (χ1n) is 6.19. The highest BCUT2D eigenvalue weighted by molar-refractivity contribution is 7.99. The monoisotopic (exact) mass is 272 g/mol. The molecule has 2 aromatic carbocycles. The van der Waals surface area contributed by atoms with E-state index in [9.17, 15) is 9.90 Å². The van der Waals surface area contributed by atoms with Gasteiger partial charge in [-0.25, -0.2) is 4.79 Å². The Morgan fingerprint density at radius 1 is 1.16 bits per heavy atom. The number of aromatic carboxylic acids is 1. The molecule has 0 aromatic heterocycles. The molecule has 0 atom stereocenters. The molecule has 0 aliphatic carbocycles. The number of hydrogen-bond donors (Lipinski definition) is 1. The number of aryl methyl sites for hydroxylation is 1. The SMILES string of the molecule is CCSc1ccc(-c2cccc(C)c2C(=O)O)cc1. The number of hydrogen-bond acceptors (Lipinski definition) is 2. The van der Waals surface area contributed by atoms with Gasteiger partial charge in [0.25, 0.3) is 0 Å². The number of rotatable bonds is 4. The van der Waals surface area contributed by atoms with Crippen molar-refractivity contribution >= 4 is 17.7 Å². The van der Waals surface area contributed by atoms with Crippen molar-refractivity contribution in [2.45, 2.75) is 18.7 Å². The lowest BCUT2D eigenvalue weighted by molar-refractivity contribution is 0.0697. The van der Waals surface area contributed by atoms with Crippen molar-refractivity contribution < 1.29 is 9.90 Å². The van der Waals surface area contributed by atoms with Gasteiger partial charge >= 0.3 is 5.97 Å². The lowest BCUT2D eigenvalue weighted by Gasteiger charge is -2.09. The lowest BCUT2D eigenvalue weighted by atomic mass is 9.96. The van der Waals surface area contributed by atoms with Crippen LogP contribution in [0.2, 0.25) is 0 Å². The van der Waals surface area contributed by atoms with Crippen LogP contribution in [0.4, 0.5) is 0 Å². The molecule has 2 rings (SSSR count). The Bertz CT molecular complexity index is 588. The zero-order valence-electron chi connectivity index (χ0n) is 11.0. The third-order valence-electron chi connectivity index (χ3n) is 2.96. The van der Waals surface area contributed by atoms with Gasteiger partial charge in [-0.3, -0.25) is 0 Å².